The van der Waals surface area contributed by atoms with Crippen LogP contribution in [0.25, 0.3) is 0 Å². The molecule has 0 bridgehead atoms. The van der Waals surface area contributed by atoms with Crippen LogP contribution in [-0.4, -0.2) is 18.5 Å². The minimum Gasteiger partial charge on any atom is -0.356 e. The largest absolute Gasteiger partial charge is 0.356 e. The van der Waals surface area contributed by atoms with Gasteiger partial charge in [-0.05, 0) is 19.3 Å². The first-order valence-corrected chi connectivity index (χ1v) is 6.54. The van der Waals surface area contributed by atoms with Crippen molar-refractivity contribution in [3.8, 4) is 0 Å². The molecule has 0 radical (unpaired) electrons. The monoisotopic (exact) mass is 228 g/mol. The number of carbonyl (C=O) groups is 1. The van der Waals surface area contributed by atoms with Gasteiger partial charge in [0, 0.05) is 19.0 Å². The molecule has 1 atom stereocenters. The number of nitrogens with two attached hydrogens (primary N) is 1. The molecule has 1 amide bonds. The fourth-order valence-corrected chi connectivity index (χ4v) is 1.62. The highest BCUT2D eigenvalue weighted by Gasteiger charge is 2.03. The smallest absolute Gasteiger partial charge is 0.221 e. The van der Waals surface area contributed by atoms with E-state index in [1.807, 2.05) is 6.92 Å². The van der Waals surface area contributed by atoms with E-state index in [1.54, 1.807) is 0 Å². The molecule has 0 aromatic carbocycles. The number of rotatable bonds is 9. The molecule has 0 saturated carbocycles. The second-order valence-corrected chi connectivity index (χ2v) is 5.13. The zero-order chi connectivity index (χ0) is 12.4. The maximum absolute atomic E-state index is 11.2. The molecule has 0 aliphatic carbocycles. The third-order valence-corrected chi connectivity index (χ3v) is 2.54. The summed E-state index contributed by atoms with van der Waals surface area (Å²) >= 11 is 0. The van der Waals surface area contributed by atoms with Crippen molar-refractivity contribution in [2.24, 2.45) is 11.7 Å². The van der Waals surface area contributed by atoms with Crippen LogP contribution in [0.1, 0.15) is 59.3 Å². The van der Waals surface area contributed by atoms with Gasteiger partial charge in [0.1, 0.15) is 0 Å². The summed E-state index contributed by atoms with van der Waals surface area (Å²) in [5.74, 6) is 0.892. The summed E-state index contributed by atoms with van der Waals surface area (Å²) in [5, 5.41) is 2.89. The standard InChI is InChI=1S/C13H28N2O/c1-11(2)8-6-4-5-7-9-15-13(16)10-12(3)14/h11-12H,4-10,14H2,1-3H3,(H,15,16). The zero-order valence-electron chi connectivity index (χ0n) is 11.1. The quantitative estimate of drug-likeness (QED) is 0.596. The first-order valence-electron chi connectivity index (χ1n) is 6.54. The third kappa shape index (κ3) is 11.5. The SMILES string of the molecule is CC(C)CCCCCCNC(=O)CC(C)N. The Kier molecular flexibility index (Phi) is 9.30. The van der Waals surface area contributed by atoms with E-state index in [2.05, 4.69) is 19.2 Å². The van der Waals surface area contributed by atoms with Gasteiger partial charge >= 0.3 is 0 Å². The van der Waals surface area contributed by atoms with Crippen LogP contribution in [0.5, 0.6) is 0 Å². The minimum absolute atomic E-state index is 0.0361. The van der Waals surface area contributed by atoms with Gasteiger partial charge in [0.15, 0.2) is 0 Å². The fraction of sp³-hybridized carbons (Fsp3) is 0.923. The van der Waals surface area contributed by atoms with Gasteiger partial charge in [0.2, 0.25) is 5.91 Å². The Morgan fingerprint density at radius 3 is 2.31 bits per heavy atom. The molecule has 0 rings (SSSR count). The average molecular weight is 228 g/mol. The Balaban J connectivity index is 3.18. The molecule has 0 spiro atoms. The number of nitrogens with one attached hydrogen (secondary N) is 1. The van der Waals surface area contributed by atoms with Crippen LogP contribution in [0.4, 0.5) is 0 Å². The van der Waals surface area contributed by atoms with Crippen molar-refractivity contribution in [2.45, 2.75) is 65.3 Å². The molecule has 0 aromatic heterocycles. The highest BCUT2D eigenvalue weighted by atomic mass is 16.1. The van der Waals surface area contributed by atoms with Gasteiger partial charge in [0.25, 0.3) is 0 Å². The molecule has 0 aliphatic heterocycles. The van der Waals surface area contributed by atoms with Gasteiger partial charge in [-0.15, -0.1) is 0 Å². The molecule has 0 saturated heterocycles. The number of unbranched alkanes of at least 4 members (excludes halogenated alkanes) is 3. The van der Waals surface area contributed by atoms with E-state index in [1.165, 1.54) is 25.7 Å². The summed E-state index contributed by atoms with van der Waals surface area (Å²) in [4.78, 5) is 11.2. The van der Waals surface area contributed by atoms with Crippen LogP contribution in [0, 0.1) is 5.92 Å². The second-order valence-electron chi connectivity index (χ2n) is 5.13. The third-order valence-electron chi connectivity index (χ3n) is 2.54. The Hall–Kier alpha value is -0.570. The zero-order valence-corrected chi connectivity index (χ0v) is 11.1. The van der Waals surface area contributed by atoms with Gasteiger partial charge in [0.05, 0.1) is 0 Å². The van der Waals surface area contributed by atoms with Crippen molar-refractivity contribution in [3.63, 3.8) is 0 Å². The van der Waals surface area contributed by atoms with Crippen molar-refractivity contribution in [1.29, 1.82) is 0 Å². The Labute approximate surface area is 100 Å². The summed E-state index contributed by atoms with van der Waals surface area (Å²) in [6.07, 6.45) is 6.64. The normalized spacial score (nSPS) is 12.8. The Bertz CT molecular complexity index is 179. The van der Waals surface area contributed by atoms with Gasteiger partial charge < -0.3 is 11.1 Å². The van der Waals surface area contributed by atoms with Crippen LogP contribution in [-0.2, 0) is 4.79 Å². The lowest BCUT2D eigenvalue weighted by Gasteiger charge is -2.07. The second kappa shape index (κ2) is 9.64. The molecular weight excluding hydrogens is 200 g/mol. The Morgan fingerprint density at radius 1 is 1.12 bits per heavy atom. The maximum atomic E-state index is 11.2. The summed E-state index contributed by atoms with van der Waals surface area (Å²) in [6.45, 7) is 7.17. The van der Waals surface area contributed by atoms with Crippen LogP contribution in [0.15, 0.2) is 0 Å². The number of hydrogen-bond acceptors (Lipinski definition) is 2. The van der Waals surface area contributed by atoms with E-state index in [9.17, 15) is 4.79 Å². The molecule has 0 heterocycles. The van der Waals surface area contributed by atoms with Crippen molar-refractivity contribution >= 4 is 5.91 Å². The number of amides is 1. The molecular formula is C13H28N2O. The van der Waals surface area contributed by atoms with Crippen LogP contribution >= 0.6 is 0 Å². The van der Waals surface area contributed by atoms with Gasteiger partial charge in [-0.2, -0.15) is 0 Å². The van der Waals surface area contributed by atoms with E-state index >= 15 is 0 Å². The number of carbonyl (C=O) groups excluding carboxylic acids is 1. The number of hydrogen-bond donors (Lipinski definition) is 2. The highest BCUT2D eigenvalue weighted by molar-refractivity contribution is 5.76. The summed E-state index contributed by atoms with van der Waals surface area (Å²) in [6, 6.07) is -0.0361. The molecule has 0 aromatic rings. The summed E-state index contributed by atoms with van der Waals surface area (Å²) in [7, 11) is 0. The van der Waals surface area contributed by atoms with Crippen molar-refractivity contribution in [2.75, 3.05) is 6.54 Å². The summed E-state index contributed by atoms with van der Waals surface area (Å²) in [5.41, 5.74) is 5.53. The molecule has 3 nitrogen and oxygen atoms in total. The van der Waals surface area contributed by atoms with Crippen LogP contribution in [0.3, 0.4) is 0 Å². The minimum atomic E-state index is -0.0361. The summed E-state index contributed by atoms with van der Waals surface area (Å²) < 4.78 is 0. The molecule has 0 fully saturated rings. The van der Waals surface area contributed by atoms with E-state index in [0.717, 1.165) is 18.9 Å². The van der Waals surface area contributed by atoms with E-state index in [0.29, 0.717) is 6.42 Å². The van der Waals surface area contributed by atoms with Gasteiger partial charge in [-0.3, -0.25) is 4.79 Å². The predicted molar refractivity (Wildman–Crippen MR) is 69.2 cm³/mol. The average Bonchev–Trinajstić information content (AvgIpc) is 2.14. The lowest BCUT2D eigenvalue weighted by molar-refractivity contribution is -0.121. The predicted octanol–water partition coefficient (Wildman–Crippen LogP) is 2.45. The maximum Gasteiger partial charge on any atom is 0.221 e. The van der Waals surface area contributed by atoms with Crippen molar-refractivity contribution in [3.05, 3.63) is 0 Å². The van der Waals surface area contributed by atoms with Gasteiger partial charge in [-0.25, -0.2) is 0 Å². The Morgan fingerprint density at radius 2 is 1.75 bits per heavy atom. The molecule has 96 valence electrons. The lowest BCUT2D eigenvalue weighted by Crippen LogP contribution is -2.30. The van der Waals surface area contributed by atoms with E-state index in [4.69, 9.17) is 5.73 Å². The van der Waals surface area contributed by atoms with Crippen molar-refractivity contribution in [1.82, 2.24) is 5.32 Å². The molecule has 1 unspecified atom stereocenters. The molecule has 16 heavy (non-hydrogen) atoms. The van der Waals surface area contributed by atoms with Crippen LogP contribution in [0.2, 0.25) is 0 Å². The topological polar surface area (TPSA) is 55.1 Å². The molecule has 3 N–H and O–H groups in total. The van der Waals surface area contributed by atoms with Crippen molar-refractivity contribution < 1.29 is 4.79 Å². The fourth-order valence-electron chi connectivity index (χ4n) is 1.62. The van der Waals surface area contributed by atoms with E-state index in [-0.39, 0.29) is 11.9 Å². The molecule has 3 heteroatoms. The first kappa shape index (κ1) is 15.4. The van der Waals surface area contributed by atoms with E-state index < -0.39 is 0 Å². The van der Waals surface area contributed by atoms with Crippen LogP contribution < -0.4 is 11.1 Å². The van der Waals surface area contributed by atoms with Gasteiger partial charge in [-0.1, -0.05) is 39.5 Å². The highest BCUT2D eigenvalue weighted by Crippen LogP contribution is 2.08. The lowest BCUT2D eigenvalue weighted by atomic mass is 10.0. The molecule has 0 aliphatic rings. The first-order chi connectivity index (χ1) is 7.52.